The van der Waals surface area contributed by atoms with Gasteiger partial charge in [-0.05, 0) is 18.4 Å². The van der Waals surface area contributed by atoms with Crippen LogP contribution in [0.15, 0.2) is 24.3 Å². The van der Waals surface area contributed by atoms with Crippen molar-refractivity contribution in [3.8, 4) is 0 Å². The summed E-state index contributed by atoms with van der Waals surface area (Å²) in [5, 5.41) is 18.6. The average molecular weight is 546 g/mol. The Morgan fingerprint density at radius 2 is 1.30 bits per heavy atom. The summed E-state index contributed by atoms with van der Waals surface area (Å²) in [5.41, 5.74) is 5.75. The van der Waals surface area contributed by atoms with Gasteiger partial charge in [-0.3, -0.25) is 19.2 Å². The number of amides is 4. The van der Waals surface area contributed by atoms with E-state index >= 15 is 0 Å². The van der Waals surface area contributed by atoms with E-state index in [1.165, 1.54) is 11.8 Å². The van der Waals surface area contributed by atoms with Crippen LogP contribution in [0.25, 0.3) is 0 Å². The predicted octanol–water partition coefficient (Wildman–Crippen LogP) is -3.19. The minimum absolute atomic E-state index is 0.125. The second kappa shape index (κ2) is 18.4. The van der Waals surface area contributed by atoms with Gasteiger partial charge in [0.25, 0.3) is 0 Å². The van der Waals surface area contributed by atoms with E-state index in [1.54, 1.807) is 6.26 Å². The van der Waals surface area contributed by atoms with Gasteiger partial charge in [0, 0.05) is 37.4 Å². The summed E-state index contributed by atoms with van der Waals surface area (Å²) in [7, 11) is 2.24. The first-order chi connectivity index (χ1) is 17.4. The molecule has 0 aromatic rings. The lowest BCUT2D eigenvalue weighted by atomic mass is 10.1. The third kappa shape index (κ3) is 14.9. The molecule has 1 unspecified atom stereocenters. The van der Waals surface area contributed by atoms with Gasteiger partial charge in [0.1, 0.15) is 18.1 Å². The Morgan fingerprint density at radius 3 is 1.76 bits per heavy atom. The number of carboxylic acids is 1. The third-order valence-corrected chi connectivity index (χ3v) is 4.96. The van der Waals surface area contributed by atoms with Crippen LogP contribution < -0.4 is 27.0 Å². The van der Waals surface area contributed by atoms with Crippen LogP contribution in [0.1, 0.15) is 6.42 Å². The van der Waals surface area contributed by atoms with Crippen LogP contribution in [0.5, 0.6) is 0 Å². The van der Waals surface area contributed by atoms with Crippen molar-refractivity contribution in [2.24, 2.45) is 5.73 Å². The molecule has 0 heterocycles. The molecule has 16 heteroatoms. The fourth-order valence-corrected chi connectivity index (χ4v) is 2.77. The molecule has 0 saturated heterocycles. The van der Waals surface area contributed by atoms with Gasteiger partial charge in [-0.2, -0.15) is 11.8 Å². The molecule has 15 nitrogen and oxygen atoms in total. The number of nitrogens with one attached hydrogen (secondary N) is 4. The predicted molar refractivity (Wildman–Crippen MR) is 131 cm³/mol. The molecule has 0 aromatic carbocycles. The largest absolute Gasteiger partial charge is 0.480 e. The topological polar surface area (TPSA) is 232 Å². The quantitative estimate of drug-likeness (QED) is 0.0832. The van der Waals surface area contributed by atoms with E-state index in [0.29, 0.717) is 5.75 Å². The number of carbonyl (C=O) groups is 7. The fraction of sp³-hybridized carbons (Fsp3) is 0.476. The SMILES string of the molecule is COC(=O)/C=C/C(=O)NCC(N)C(=O)N[C@@H](CCSC)C(=O)N[C@@H](CNC(=O)/C=C/C(=O)OC)C(=O)O. The molecule has 0 rings (SSSR count). The van der Waals surface area contributed by atoms with Gasteiger partial charge in [-0.25, -0.2) is 14.4 Å². The second-order valence-electron chi connectivity index (χ2n) is 7.05. The molecule has 0 bridgehead atoms. The Hall–Kier alpha value is -3.92. The van der Waals surface area contributed by atoms with Crippen molar-refractivity contribution in [1.82, 2.24) is 21.3 Å². The summed E-state index contributed by atoms with van der Waals surface area (Å²) in [6.45, 7) is -0.838. The van der Waals surface area contributed by atoms with Crippen LogP contribution in [0.4, 0.5) is 0 Å². The molecule has 37 heavy (non-hydrogen) atoms. The highest BCUT2D eigenvalue weighted by molar-refractivity contribution is 7.98. The first-order valence-corrected chi connectivity index (χ1v) is 12.0. The maximum atomic E-state index is 12.7. The van der Waals surface area contributed by atoms with Gasteiger partial charge in [0.2, 0.25) is 23.6 Å². The minimum Gasteiger partial charge on any atom is -0.480 e. The van der Waals surface area contributed by atoms with E-state index in [2.05, 4.69) is 30.7 Å². The highest BCUT2D eigenvalue weighted by atomic mass is 32.2. The number of carbonyl (C=O) groups excluding carboxylic acids is 6. The molecular weight excluding hydrogens is 514 g/mol. The Kier molecular flexibility index (Phi) is 16.4. The molecule has 0 aromatic heterocycles. The first kappa shape index (κ1) is 33.1. The lowest BCUT2D eigenvalue weighted by Gasteiger charge is -2.23. The van der Waals surface area contributed by atoms with Gasteiger partial charge >= 0.3 is 17.9 Å². The van der Waals surface area contributed by atoms with E-state index in [9.17, 15) is 38.7 Å². The number of hydrogen-bond acceptors (Lipinski definition) is 11. The van der Waals surface area contributed by atoms with E-state index in [-0.39, 0.29) is 13.0 Å². The Morgan fingerprint density at radius 1 is 0.811 bits per heavy atom. The van der Waals surface area contributed by atoms with Crippen molar-refractivity contribution >= 4 is 53.3 Å². The fourth-order valence-electron chi connectivity index (χ4n) is 2.30. The zero-order valence-corrected chi connectivity index (χ0v) is 21.3. The summed E-state index contributed by atoms with van der Waals surface area (Å²) in [5.74, 6) is -5.73. The zero-order chi connectivity index (χ0) is 28.4. The molecule has 206 valence electrons. The maximum Gasteiger partial charge on any atom is 0.330 e. The molecular formula is C21H31N5O10S. The minimum atomic E-state index is -1.55. The Bertz CT molecular complexity index is 908. The lowest BCUT2D eigenvalue weighted by Crippen LogP contribution is -2.57. The van der Waals surface area contributed by atoms with Crippen molar-refractivity contribution < 1.29 is 48.1 Å². The number of nitrogens with two attached hydrogens (primary N) is 1. The summed E-state index contributed by atoms with van der Waals surface area (Å²) < 4.78 is 8.68. The van der Waals surface area contributed by atoms with Crippen molar-refractivity contribution in [3.63, 3.8) is 0 Å². The van der Waals surface area contributed by atoms with Crippen LogP contribution in [0.3, 0.4) is 0 Å². The molecule has 0 saturated carbocycles. The number of methoxy groups -OCH3 is 2. The molecule has 0 aliphatic carbocycles. The van der Waals surface area contributed by atoms with Crippen molar-refractivity contribution in [3.05, 3.63) is 24.3 Å². The zero-order valence-electron chi connectivity index (χ0n) is 20.5. The number of esters is 2. The molecule has 0 aliphatic rings. The molecule has 0 fully saturated rings. The second-order valence-corrected chi connectivity index (χ2v) is 8.04. The monoisotopic (exact) mass is 545 g/mol. The summed E-state index contributed by atoms with van der Waals surface area (Å²) in [6.07, 6.45) is 5.32. The Labute approximate surface area is 216 Å². The number of rotatable bonds is 16. The van der Waals surface area contributed by atoms with Gasteiger partial charge in [-0.15, -0.1) is 0 Å². The van der Waals surface area contributed by atoms with Crippen molar-refractivity contribution in [2.75, 3.05) is 39.3 Å². The van der Waals surface area contributed by atoms with E-state index in [1.807, 2.05) is 0 Å². The average Bonchev–Trinajstić information content (AvgIpc) is 2.88. The number of aliphatic carboxylic acids is 1. The molecule has 0 aliphatic heterocycles. The lowest BCUT2D eigenvalue weighted by molar-refractivity contribution is -0.142. The van der Waals surface area contributed by atoms with Gasteiger partial charge in [-0.1, -0.05) is 0 Å². The summed E-state index contributed by atoms with van der Waals surface area (Å²) >= 11 is 1.37. The van der Waals surface area contributed by atoms with Crippen LogP contribution in [0, 0.1) is 0 Å². The standard InChI is InChI=1S/C21H31N5O10S/c1-35-17(29)6-4-15(27)23-10-12(22)19(31)25-13(8-9-37-3)20(32)26-14(21(33)34)11-24-16(28)5-7-18(30)36-2/h4-7,12-14H,8-11,22H2,1-3H3,(H,23,27)(H,24,28)(H,25,31)(H,26,32)(H,33,34)/b6-4+,7-5+/t12?,13-,14-/m0/s1. The van der Waals surface area contributed by atoms with E-state index in [0.717, 1.165) is 38.5 Å². The molecule has 4 amide bonds. The summed E-state index contributed by atoms with van der Waals surface area (Å²) in [6, 6.07) is -3.99. The number of carboxylic acid groups (broad SMARTS) is 1. The molecule has 3 atom stereocenters. The normalized spacial score (nSPS) is 13.2. The van der Waals surface area contributed by atoms with Gasteiger partial charge in [0.15, 0.2) is 0 Å². The number of ether oxygens (including phenoxy) is 2. The number of thioether (sulfide) groups is 1. The van der Waals surface area contributed by atoms with Crippen LogP contribution >= 0.6 is 11.8 Å². The summed E-state index contributed by atoms with van der Waals surface area (Å²) in [4.78, 5) is 82.1. The van der Waals surface area contributed by atoms with Crippen molar-refractivity contribution in [1.29, 1.82) is 0 Å². The van der Waals surface area contributed by atoms with Gasteiger partial charge in [0.05, 0.1) is 14.2 Å². The third-order valence-electron chi connectivity index (χ3n) is 4.32. The molecule has 0 radical (unpaired) electrons. The van der Waals surface area contributed by atoms with Crippen LogP contribution in [0.2, 0.25) is 0 Å². The first-order valence-electron chi connectivity index (χ1n) is 10.6. The van der Waals surface area contributed by atoms with Crippen LogP contribution in [-0.4, -0.2) is 104 Å². The number of hydrogen-bond donors (Lipinski definition) is 6. The van der Waals surface area contributed by atoms with Crippen molar-refractivity contribution in [2.45, 2.75) is 24.5 Å². The van der Waals surface area contributed by atoms with Crippen LogP contribution in [-0.2, 0) is 43.0 Å². The smallest absolute Gasteiger partial charge is 0.330 e. The Balaban J connectivity index is 5.07. The molecule has 0 spiro atoms. The van der Waals surface area contributed by atoms with Gasteiger partial charge < -0.3 is 41.6 Å². The van der Waals surface area contributed by atoms with E-state index in [4.69, 9.17) is 5.73 Å². The highest BCUT2D eigenvalue weighted by Crippen LogP contribution is 2.02. The maximum absolute atomic E-state index is 12.7. The molecule has 7 N–H and O–H groups in total. The highest BCUT2D eigenvalue weighted by Gasteiger charge is 2.28. The van der Waals surface area contributed by atoms with E-state index < -0.39 is 66.2 Å².